The maximum absolute atomic E-state index is 11.8. The van der Waals surface area contributed by atoms with Gasteiger partial charge >= 0.3 is 26.8 Å². The number of aromatic nitrogens is 2. The summed E-state index contributed by atoms with van der Waals surface area (Å²) in [5.74, 6) is -0.809. The molecule has 148 valence electrons. The van der Waals surface area contributed by atoms with Crippen molar-refractivity contribution in [2.45, 2.75) is 44.2 Å². The third kappa shape index (κ3) is 5.26. The Morgan fingerprint density at radius 1 is 1.20 bits per heavy atom. The molecule has 0 radical (unpaired) electrons. The third-order valence-electron chi connectivity index (χ3n) is 3.43. The number of H-pyrrole nitrogens is 1. The monoisotopic (exact) mass is 547 g/mol. The normalized spacial score (nSPS) is 28.1. The Labute approximate surface area is 157 Å². The fourth-order valence-electron chi connectivity index (χ4n) is 2.66. The van der Waals surface area contributed by atoms with Crippen LogP contribution in [0.3, 0.4) is 0 Å². The summed E-state index contributed by atoms with van der Waals surface area (Å²) in [5.41, 5.74) is -1.07. The van der Waals surface area contributed by atoms with Crippen LogP contribution < -0.4 is 11.2 Å². The number of ether oxygens (including phenoxy) is 3. The molecule has 2 aliphatic rings. The molecule has 0 aliphatic carbocycles. The van der Waals surface area contributed by atoms with E-state index < -0.39 is 41.6 Å². The summed E-state index contributed by atoms with van der Waals surface area (Å²) in [7, 11) is 0. The maximum Gasteiger partial charge on any atom is 4.00 e. The second kappa shape index (κ2) is 10.3. The molecule has 10 N–H and O–H groups in total. The van der Waals surface area contributed by atoms with Gasteiger partial charge in [0, 0.05) is 12.3 Å². The summed E-state index contributed by atoms with van der Waals surface area (Å²) in [6.45, 7) is 3.27. The van der Waals surface area contributed by atoms with E-state index in [9.17, 15) is 14.7 Å². The Morgan fingerprint density at radius 3 is 2.28 bits per heavy atom. The predicted octanol–water partition coefficient (Wildman–Crippen LogP) is -1.27. The molecule has 0 aromatic carbocycles. The molecule has 2 fully saturated rings. The average Bonchev–Trinajstić information content (AvgIpc) is 2.83. The van der Waals surface area contributed by atoms with Crippen molar-refractivity contribution in [1.29, 1.82) is 0 Å². The number of nitrogens with zero attached hydrogens (tertiary/aromatic N) is 1. The minimum atomic E-state index is -0.809. The molecular formula is C12H24N4O8Pt+2. The van der Waals surface area contributed by atoms with Gasteiger partial charge in [-0.1, -0.05) is 0 Å². The molecule has 1 aromatic heterocycles. The van der Waals surface area contributed by atoms with Gasteiger partial charge in [-0.3, -0.25) is 14.3 Å². The molecule has 3 rings (SSSR count). The van der Waals surface area contributed by atoms with Crippen molar-refractivity contribution in [3.63, 3.8) is 0 Å². The van der Waals surface area contributed by atoms with Crippen LogP contribution in [0.2, 0.25) is 0 Å². The molecule has 4 unspecified atom stereocenters. The first-order chi connectivity index (χ1) is 9.41. The van der Waals surface area contributed by atoms with Crippen LogP contribution in [0.1, 0.15) is 20.1 Å². The van der Waals surface area contributed by atoms with Crippen molar-refractivity contribution in [3.8, 4) is 0 Å². The standard InChI is InChI=1S/C12H16N2O6.2H2N.2H2O.Pt/c1-12(2)19-8-6(5-15)18-10(9(8)20-12)14-4-3-7(16)13-11(14)17;;;;;/h3-4,6,8-10,15H,5H2,1-2H3,(H,13,16,17);4*1H2;/q;2*-1;;;+4. The first-order valence-corrected chi connectivity index (χ1v) is 6.35. The molecule has 0 saturated carbocycles. The van der Waals surface area contributed by atoms with Crippen LogP contribution >= 0.6 is 0 Å². The molecule has 13 heteroatoms. The minimum absolute atomic E-state index is 0. The molecule has 4 atom stereocenters. The number of nitrogens with one attached hydrogen (secondary N) is 1. The zero-order valence-corrected chi connectivity index (χ0v) is 15.9. The number of nitrogens with two attached hydrogens (primary N) is 2. The molecule has 0 spiro atoms. The zero-order valence-electron chi connectivity index (χ0n) is 13.6. The van der Waals surface area contributed by atoms with E-state index in [2.05, 4.69) is 4.98 Å². The molecule has 12 nitrogen and oxygen atoms in total. The Bertz CT molecular complexity index is 636. The van der Waals surface area contributed by atoms with Crippen LogP contribution in [0.4, 0.5) is 0 Å². The predicted molar refractivity (Wildman–Crippen MR) is 83.9 cm³/mol. The van der Waals surface area contributed by atoms with Gasteiger partial charge in [0.05, 0.1) is 6.61 Å². The minimum Gasteiger partial charge on any atom is -0.693 e. The Morgan fingerprint density at radius 2 is 1.76 bits per heavy atom. The number of aromatic amines is 1. The van der Waals surface area contributed by atoms with E-state index in [4.69, 9.17) is 14.2 Å². The maximum atomic E-state index is 11.8. The summed E-state index contributed by atoms with van der Waals surface area (Å²) < 4.78 is 18.3. The fourth-order valence-corrected chi connectivity index (χ4v) is 2.66. The van der Waals surface area contributed by atoms with Gasteiger partial charge in [0.25, 0.3) is 5.56 Å². The van der Waals surface area contributed by atoms with E-state index >= 15 is 0 Å². The number of hydrogen-bond donors (Lipinski definition) is 2. The SMILES string of the molecule is CC1(C)OC2C(CO)OC(n3ccc(=O)[nH]c3=O)C2O1.O.O.[NH2-].[NH2-].[Pt+4]. The van der Waals surface area contributed by atoms with Gasteiger partial charge in [0.1, 0.15) is 18.3 Å². The number of aliphatic hydroxyl groups excluding tert-OH is 1. The second-order valence-electron chi connectivity index (χ2n) is 5.33. The van der Waals surface area contributed by atoms with E-state index in [0.717, 1.165) is 0 Å². The van der Waals surface area contributed by atoms with Crippen molar-refractivity contribution in [1.82, 2.24) is 9.55 Å². The van der Waals surface area contributed by atoms with E-state index in [1.807, 2.05) is 0 Å². The van der Waals surface area contributed by atoms with Gasteiger partial charge in [0.2, 0.25) is 0 Å². The molecule has 0 amide bonds. The van der Waals surface area contributed by atoms with Crippen LogP contribution in [0, 0.1) is 0 Å². The summed E-state index contributed by atoms with van der Waals surface area (Å²) in [6.07, 6.45) is -0.962. The smallest absolute Gasteiger partial charge is 0.693 e. The van der Waals surface area contributed by atoms with Crippen LogP contribution in [0.5, 0.6) is 0 Å². The van der Waals surface area contributed by atoms with Gasteiger partial charge in [-0.05, 0) is 13.8 Å². The van der Waals surface area contributed by atoms with E-state index in [-0.39, 0.29) is 50.9 Å². The fraction of sp³-hybridized carbons (Fsp3) is 0.667. The van der Waals surface area contributed by atoms with Crippen molar-refractivity contribution in [2.75, 3.05) is 6.61 Å². The zero-order chi connectivity index (χ0) is 14.5. The van der Waals surface area contributed by atoms with Gasteiger partial charge in [0.15, 0.2) is 12.0 Å². The number of hydrogen-bond acceptors (Lipinski definition) is 6. The van der Waals surface area contributed by atoms with Crippen LogP contribution in [0.25, 0.3) is 12.3 Å². The summed E-state index contributed by atoms with van der Waals surface area (Å²) >= 11 is 0. The van der Waals surface area contributed by atoms with E-state index in [1.54, 1.807) is 13.8 Å². The van der Waals surface area contributed by atoms with Gasteiger partial charge in [-0.25, -0.2) is 4.79 Å². The first-order valence-electron chi connectivity index (χ1n) is 6.35. The van der Waals surface area contributed by atoms with E-state index in [1.165, 1.54) is 16.8 Å². The summed E-state index contributed by atoms with van der Waals surface area (Å²) in [6, 6.07) is 1.23. The molecular weight excluding hydrogens is 523 g/mol. The summed E-state index contributed by atoms with van der Waals surface area (Å²) in [4.78, 5) is 25.1. The second-order valence-corrected chi connectivity index (χ2v) is 5.33. The van der Waals surface area contributed by atoms with Crippen molar-refractivity contribution in [2.24, 2.45) is 0 Å². The van der Waals surface area contributed by atoms with Crippen molar-refractivity contribution < 1.29 is 51.3 Å². The van der Waals surface area contributed by atoms with Gasteiger partial charge < -0.3 is 42.6 Å². The molecule has 1 aromatic rings. The van der Waals surface area contributed by atoms with Gasteiger partial charge in [-0.15, -0.1) is 0 Å². The number of aliphatic hydroxyl groups is 1. The molecule has 3 heterocycles. The Kier molecular flexibility index (Phi) is 11.8. The molecule has 25 heavy (non-hydrogen) atoms. The Balaban J connectivity index is -0.000000968. The molecule has 2 aliphatic heterocycles. The van der Waals surface area contributed by atoms with Crippen LogP contribution in [-0.4, -0.2) is 56.3 Å². The Hall–Kier alpha value is -0.952. The molecule has 0 bridgehead atoms. The third-order valence-corrected chi connectivity index (χ3v) is 3.43. The van der Waals surface area contributed by atoms with Crippen LogP contribution in [0.15, 0.2) is 21.9 Å². The van der Waals surface area contributed by atoms with Gasteiger partial charge in [-0.2, -0.15) is 0 Å². The van der Waals surface area contributed by atoms with Crippen LogP contribution in [-0.2, 0) is 35.3 Å². The van der Waals surface area contributed by atoms with E-state index in [0.29, 0.717) is 0 Å². The molecule has 2 saturated heterocycles. The average molecular weight is 547 g/mol. The van der Waals surface area contributed by atoms with Crippen molar-refractivity contribution >= 4 is 0 Å². The first kappa shape index (κ1) is 28.8. The number of fused-ring (bicyclic) bond motifs is 1. The largest absolute Gasteiger partial charge is 4.00 e. The topological polar surface area (TPSA) is 233 Å². The van der Waals surface area contributed by atoms with Crippen molar-refractivity contribution in [3.05, 3.63) is 45.4 Å². The summed E-state index contributed by atoms with van der Waals surface area (Å²) in [5, 5.41) is 9.36. The number of rotatable bonds is 2. The quantitative estimate of drug-likeness (QED) is 0.458.